The van der Waals surface area contributed by atoms with Crippen LogP contribution in [0.25, 0.3) is 0 Å². The monoisotopic (exact) mass is 266 g/mol. The van der Waals surface area contributed by atoms with Crippen molar-refractivity contribution in [2.75, 3.05) is 19.6 Å². The maximum absolute atomic E-state index is 6.14. The van der Waals surface area contributed by atoms with Crippen molar-refractivity contribution in [3.05, 3.63) is 34.9 Å². The lowest BCUT2D eigenvalue weighted by molar-refractivity contribution is 0.264. The van der Waals surface area contributed by atoms with E-state index >= 15 is 0 Å². The summed E-state index contributed by atoms with van der Waals surface area (Å²) in [5.74, 6) is 0.787. The second-order valence-electron chi connectivity index (χ2n) is 5.47. The fourth-order valence-corrected chi connectivity index (χ4v) is 2.75. The normalized spacial score (nSPS) is 20.8. The zero-order chi connectivity index (χ0) is 13.0. The number of halogens is 1. The zero-order valence-electron chi connectivity index (χ0n) is 11.3. The fraction of sp³-hybridized carbons (Fsp3) is 0.600. The summed E-state index contributed by atoms with van der Waals surface area (Å²) < 4.78 is 0. The van der Waals surface area contributed by atoms with Gasteiger partial charge >= 0.3 is 0 Å². The molecule has 1 atom stereocenters. The van der Waals surface area contributed by atoms with Crippen molar-refractivity contribution in [2.24, 2.45) is 5.92 Å². The average Bonchev–Trinajstić information content (AvgIpc) is 2.80. The van der Waals surface area contributed by atoms with Crippen LogP contribution in [0.5, 0.6) is 0 Å². The van der Waals surface area contributed by atoms with Crippen LogP contribution >= 0.6 is 11.6 Å². The van der Waals surface area contributed by atoms with Gasteiger partial charge in [-0.25, -0.2) is 0 Å². The van der Waals surface area contributed by atoms with Crippen LogP contribution in [0, 0.1) is 5.92 Å². The van der Waals surface area contributed by atoms with E-state index in [0.29, 0.717) is 6.04 Å². The minimum atomic E-state index is 0.679. The summed E-state index contributed by atoms with van der Waals surface area (Å²) >= 11 is 6.14. The molecule has 0 spiro atoms. The summed E-state index contributed by atoms with van der Waals surface area (Å²) in [6, 6.07) is 8.74. The third-order valence-electron chi connectivity index (χ3n) is 3.75. The first-order chi connectivity index (χ1) is 8.66. The van der Waals surface area contributed by atoms with Gasteiger partial charge in [0.05, 0.1) is 0 Å². The van der Waals surface area contributed by atoms with Gasteiger partial charge in [0.25, 0.3) is 0 Å². The van der Waals surface area contributed by atoms with Crippen LogP contribution in [0.15, 0.2) is 24.3 Å². The highest BCUT2D eigenvalue weighted by Crippen LogP contribution is 2.18. The lowest BCUT2D eigenvalue weighted by Gasteiger charge is -2.20. The van der Waals surface area contributed by atoms with Gasteiger partial charge < -0.3 is 10.2 Å². The number of benzene rings is 1. The van der Waals surface area contributed by atoms with Gasteiger partial charge in [0.15, 0.2) is 0 Å². The molecule has 1 fully saturated rings. The topological polar surface area (TPSA) is 15.3 Å². The SMILES string of the molecule is CC(C)N1CCC(CNCc2ccccc2Cl)C1. The summed E-state index contributed by atoms with van der Waals surface area (Å²) in [5.41, 5.74) is 1.19. The minimum absolute atomic E-state index is 0.679. The molecule has 0 bridgehead atoms. The molecule has 1 aliphatic heterocycles. The van der Waals surface area contributed by atoms with Crippen LogP contribution in [0.4, 0.5) is 0 Å². The van der Waals surface area contributed by atoms with E-state index in [1.807, 2.05) is 18.2 Å². The quantitative estimate of drug-likeness (QED) is 0.881. The molecule has 100 valence electrons. The van der Waals surface area contributed by atoms with E-state index < -0.39 is 0 Å². The number of rotatable bonds is 5. The molecule has 1 N–H and O–H groups in total. The van der Waals surface area contributed by atoms with Gasteiger partial charge in [0, 0.05) is 24.2 Å². The minimum Gasteiger partial charge on any atom is -0.312 e. The van der Waals surface area contributed by atoms with Crippen molar-refractivity contribution >= 4 is 11.6 Å². The van der Waals surface area contributed by atoms with Crippen LogP contribution in [0.2, 0.25) is 5.02 Å². The third kappa shape index (κ3) is 3.71. The molecular weight excluding hydrogens is 244 g/mol. The molecule has 0 radical (unpaired) electrons. The van der Waals surface area contributed by atoms with Crippen molar-refractivity contribution in [1.82, 2.24) is 10.2 Å². The molecule has 1 heterocycles. The molecule has 0 saturated carbocycles. The number of nitrogens with one attached hydrogen (secondary N) is 1. The van der Waals surface area contributed by atoms with Gasteiger partial charge in [-0.15, -0.1) is 0 Å². The molecule has 18 heavy (non-hydrogen) atoms. The first-order valence-electron chi connectivity index (χ1n) is 6.85. The first-order valence-corrected chi connectivity index (χ1v) is 7.23. The molecule has 0 amide bonds. The molecule has 0 aromatic heterocycles. The van der Waals surface area contributed by atoms with Gasteiger partial charge in [0.1, 0.15) is 0 Å². The molecule has 1 unspecified atom stereocenters. The Kier molecular flexibility index (Phi) is 5.04. The fourth-order valence-electron chi connectivity index (χ4n) is 2.55. The second kappa shape index (κ2) is 6.55. The van der Waals surface area contributed by atoms with Gasteiger partial charge in [-0.2, -0.15) is 0 Å². The van der Waals surface area contributed by atoms with E-state index in [1.165, 1.54) is 25.1 Å². The predicted molar refractivity (Wildman–Crippen MR) is 78.0 cm³/mol. The zero-order valence-corrected chi connectivity index (χ0v) is 12.1. The smallest absolute Gasteiger partial charge is 0.0450 e. The van der Waals surface area contributed by atoms with Crippen LogP contribution in [-0.2, 0) is 6.54 Å². The molecule has 2 nitrogen and oxygen atoms in total. The Bertz CT molecular complexity index is 379. The van der Waals surface area contributed by atoms with Crippen molar-refractivity contribution in [3.63, 3.8) is 0 Å². The van der Waals surface area contributed by atoms with Crippen molar-refractivity contribution in [3.8, 4) is 0 Å². The standard InChI is InChI=1S/C15H23ClN2/c1-12(2)18-8-7-13(11-18)9-17-10-14-5-3-4-6-15(14)16/h3-6,12-13,17H,7-11H2,1-2H3. The van der Waals surface area contributed by atoms with Crippen LogP contribution in [-0.4, -0.2) is 30.6 Å². The van der Waals surface area contributed by atoms with Crippen LogP contribution < -0.4 is 5.32 Å². The number of hydrogen-bond donors (Lipinski definition) is 1. The van der Waals surface area contributed by atoms with Gasteiger partial charge in [-0.1, -0.05) is 29.8 Å². The lowest BCUT2D eigenvalue weighted by atomic mass is 10.1. The maximum atomic E-state index is 6.14. The lowest BCUT2D eigenvalue weighted by Crippen LogP contribution is -2.30. The van der Waals surface area contributed by atoms with E-state index in [2.05, 4.69) is 30.1 Å². The number of nitrogens with zero attached hydrogens (tertiary/aromatic N) is 1. The van der Waals surface area contributed by atoms with Crippen molar-refractivity contribution in [1.29, 1.82) is 0 Å². The summed E-state index contributed by atoms with van der Waals surface area (Å²) in [5, 5.41) is 4.39. The van der Waals surface area contributed by atoms with E-state index in [-0.39, 0.29) is 0 Å². The Morgan fingerprint density at radius 1 is 1.39 bits per heavy atom. The Morgan fingerprint density at radius 3 is 2.83 bits per heavy atom. The highest BCUT2D eigenvalue weighted by molar-refractivity contribution is 6.31. The van der Waals surface area contributed by atoms with Crippen molar-refractivity contribution in [2.45, 2.75) is 32.9 Å². The molecule has 1 saturated heterocycles. The van der Waals surface area contributed by atoms with E-state index in [1.54, 1.807) is 0 Å². The largest absolute Gasteiger partial charge is 0.312 e. The maximum Gasteiger partial charge on any atom is 0.0450 e. The Hall–Kier alpha value is -0.570. The van der Waals surface area contributed by atoms with E-state index in [4.69, 9.17) is 11.6 Å². The number of likely N-dealkylation sites (tertiary alicyclic amines) is 1. The highest BCUT2D eigenvalue weighted by atomic mass is 35.5. The molecule has 1 aliphatic rings. The molecule has 1 aromatic rings. The Balaban J connectivity index is 1.72. The van der Waals surface area contributed by atoms with E-state index in [0.717, 1.165) is 24.0 Å². The summed E-state index contributed by atoms with van der Waals surface area (Å²) in [7, 11) is 0. The van der Waals surface area contributed by atoms with Crippen molar-refractivity contribution < 1.29 is 0 Å². The predicted octanol–water partition coefficient (Wildman–Crippen LogP) is 3.16. The number of hydrogen-bond acceptors (Lipinski definition) is 2. The van der Waals surface area contributed by atoms with Gasteiger partial charge in [0.2, 0.25) is 0 Å². The molecular formula is C15H23ClN2. The van der Waals surface area contributed by atoms with Crippen LogP contribution in [0.1, 0.15) is 25.8 Å². The first kappa shape index (κ1) is 13.9. The van der Waals surface area contributed by atoms with Gasteiger partial charge in [-0.05, 0) is 50.9 Å². The third-order valence-corrected chi connectivity index (χ3v) is 4.12. The van der Waals surface area contributed by atoms with Crippen LogP contribution in [0.3, 0.4) is 0 Å². The summed E-state index contributed by atoms with van der Waals surface area (Å²) in [6.45, 7) is 8.99. The van der Waals surface area contributed by atoms with E-state index in [9.17, 15) is 0 Å². The van der Waals surface area contributed by atoms with Gasteiger partial charge in [-0.3, -0.25) is 0 Å². The summed E-state index contributed by atoms with van der Waals surface area (Å²) in [6.07, 6.45) is 1.31. The molecule has 0 aliphatic carbocycles. The highest BCUT2D eigenvalue weighted by Gasteiger charge is 2.23. The summed E-state index contributed by atoms with van der Waals surface area (Å²) in [4.78, 5) is 2.56. The molecule has 3 heteroatoms. The Labute approximate surface area is 115 Å². The molecule has 1 aromatic carbocycles. The Morgan fingerprint density at radius 2 is 2.17 bits per heavy atom. The average molecular weight is 267 g/mol. The molecule has 2 rings (SSSR count). The second-order valence-corrected chi connectivity index (χ2v) is 5.87.